The molecule has 0 aliphatic carbocycles. The minimum absolute atomic E-state index is 0.143. The van der Waals surface area contributed by atoms with Gasteiger partial charge in [-0.05, 0) is 29.8 Å². The van der Waals surface area contributed by atoms with Crippen LogP contribution in [0.2, 0.25) is 0 Å². The van der Waals surface area contributed by atoms with Crippen molar-refractivity contribution in [3.63, 3.8) is 0 Å². The Kier molecular flexibility index (Phi) is 3.79. The fourth-order valence-corrected chi connectivity index (χ4v) is 4.35. The lowest BCUT2D eigenvalue weighted by Crippen LogP contribution is -2.52. The van der Waals surface area contributed by atoms with Crippen LogP contribution in [0.25, 0.3) is 0 Å². The Hall–Kier alpha value is -3.46. The summed E-state index contributed by atoms with van der Waals surface area (Å²) in [4.78, 5) is 31.2. The number of hydrogen-bond acceptors (Lipinski definition) is 7. The van der Waals surface area contributed by atoms with Gasteiger partial charge in [-0.2, -0.15) is 0 Å². The topological polar surface area (TPSA) is 80.8 Å². The van der Waals surface area contributed by atoms with E-state index in [1.54, 1.807) is 23.1 Å². The Morgan fingerprint density at radius 2 is 1.53 bits per heavy atom. The highest BCUT2D eigenvalue weighted by molar-refractivity contribution is 6.21. The van der Waals surface area contributed by atoms with E-state index in [0.29, 0.717) is 43.4 Å². The van der Waals surface area contributed by atoms with Gasteiger partial charge in [-0.1, -0.05) is 6.07 Å². The van der Waals surface area contributed by atoms with Crippen LogP contribution in [-0.4, -0.2) is 61.0 Å². The van der Waals surface area contributed by atoms with Gasteiger partial charge in [-0.15, -0.1) is 0 Å². The first-order valence-corrected chi connectivity index (χ1v) is 9.82. The van der Waals surface area contributed by atoms with Crippen LogP contribution >= 0.6 is 0 Å². The van der Waals surface area contributed by atoms with Crippen LogP contribution in [0.4, 0.5) is 10.5 Å². The average molecular weight is 409 g/mol. The van der Waals surface area contributed by atoms with Crippen molar-refractivity contribution >= 4 is 17.6 Å². The van der Waals surface area contributed by atoms with Gasteiger partial charge >= 0.3 is 6.03 Å². The Bertz CT molecular complexity index is 1060. The van der Waals surface area contributed by atoms with Crippen LogP contribution in [-0.2, 0) is 11.3 Å². The third kappa shape index (κ3) is 2.66. The molecular formula is C21H19N3O6. The van der Waals surface area contributed by atoms with E-state index in [-0.39, 0.29) is 25.5 Å². The summed E-state index contributed by atoms with van der Waals surface area (Å²) in [6, 6.07) is 10.2. The van der Waals surface area contributed by atoms with Gasteiger partial charge in [0.2, 0.25) is 13.6 Å². The maximum absolute atomic E-state index is 13.1. The van der Waals surface area contributed by atoms with Crippen LogP contribution in [0.5, 0.6) is 23.0 Å². The number of carbonyl (C=O) groups is 2. The number of benzene rings is 2. The summed E-state index contributed by atoms with van der Waals surface area (Å²) in [7, 11) is 0. The standard InChI is InChI=1S/C21H19N3O6/c25-20-15-10-22(9-13-1-3-16-18(7-13)29-11-27-16)5-6-23(15)21(26)24(20)14-2-4-17-19(8-14)30-12-28-17/h1-4,7-8,15H,5-6,9-12H2. The second-order valence-electron chi connectivity index (χ2n) is 7.63. The number of hydrogen-bond donors (Lipinski definition) is 0. The first kappa shape index (κ1) is 17.4. The molecule has 1 unspecified atom stereocenters. The third-order valence-electron chi connectivity index (χ3n) is 5.86. The molecule has 3 amide bonds. The molecule has 2 aromatic rings. The molecule has 9 heteroatoms. The highest BCUT2D eigenvalue weighted by Gasteiger charge is 2.48. The minimum Gasteiger partial charge on any atom is -0.454 e. The van der Waals surface area contributed by atoms with E-state index in [2.05, 4.69) is 4.90 Å². The summed E-state index contributed by atoms with van der Waals surface area (Å²) in [5, 5.41) is 0. The number of ether oxygens (including phenoxy) is 4. The van der Waals surface area contributed by atoms with Gasteiger partial charge in [0, 0.05) is 32.2 Å². The SMILES string of the molecule is O=C1C2CN(Cc3ccc4c(c3)OCO4)CCN2C(=O)N1c1ccc2c(c1)OCO2. The number of anilines is 1. The molecule has 2 aromatic carbocycles. The van der Waals surface area contributed by atoms with Crippen LogP contribution in [0, 0.1) is 0 Å². The number of piperazine rings is 1. The molecule has 4 aliphatic rings. The lowest BCUT2D eigenvalue weighted by atomic mass is 10.1. The zero-order chi connectivity index (χ0) is 20.2. The molecule has 2 fully saturated rings. The van der Waals surface area contributed by atoms with Gasteiger partial charge in [0.1, 0.15) is 6.04 Å². The van der Waals surface area contributed by atoms with Gasteiger partial charge < -0.3 is 23.8 Å². The number of amides is 3. The lowest BCUT2D eigenvalue weighted by molar-refractivity contribution is -0.121. The number of fused-ring (bicyclic) bond motifs is 3. The van der Waals surface area contributed by atoms with Crippen molar-refractivity contribution in [2.75, 3.05) is 38.1 Å². The van der Waals surface area contributed by atoms with E-state index >= 15 is 0 Å². The lowest BCUT2D eigenvalue weighted by Gasteiger charge is -2.35. The molecule has 4 aliphatic heterocycles. The number of nitrogens with zero attached hydrogens (tertiary/aromatic N) is 3. The van der Waals surface area contributed by atoms with E-state index in [0.717, 1.165) is 17.1 Å². The van der Waals surface area contributed by atoms with Crippen molar-refractivity contribution < 1.29 is 28.5 Å². The summed E-state index contributed by atoms with van der Waals surface area (Å²) in [5.41, 5.74) is 1.59. The number of imide groups is 1. The predicted octanol–water partition coefficient (Wildman–Crippen LogP) is 1.80. The van der Waals surface area contributed by atoms with Crippen LogP contribution < -0.4 is 23.8 Å². The Balaban J connectivity index is 1.20. The zero-order valence-electron chi connectivity index (χ0n) is 16.1. The number of urea groups is 1. The predicted molar refractivity (Wildman–Crippen MR) is 104 cm³/mol. The Morgan fingerprint density at radius 1 is 0.833 bits per heavy atom. The minimum atomic E-state index is -0.495. The molecule has 0 aromatic heterocycles. The molecule has 1 atom stereocenters. The highest BCUT2D eigenvalue weighted by atomic mass is 16.7. The molecule has 0 saturated carbocycles. The second-order valence-corrected chi connectivity index (χ2v) is 7.63. The summed E-state index contributed by atoms with van der Waals surface area (Å²) < 4.78 is 21.5. The molecule has 9 nitrogen and oxygen atoms in total. The van der Waals surface area contributed by atoms with Gasteiger partial charge in [0.25, 0.3) is 5.91 Å². The fraction of sp³-hybridized carbons (Fsp3) is 0.333. The van der Waals surface area contributed by atoms with E-state index in [9.17, 15) is 9.59 Å². The zero-order valence-corrected chi connectivity index (χ0v) is 16.1. The number of rotatable bonds is 3. The normalized spacial score (nSPS) is 22.1. The van der Waals surface area contributed by atoms with Crippen LogP contribution in [0.15, 0.2) is 36.4 Å². The second kappa shape index (κ2) is 6.53. The molecule has 2 saturated heterocycles. The molecule has 154 valence electrons. The Morgan fingerprint density at radius 3 is 2.33 bits per heavy atom. The van der Waals surface area contributed by atoms with Crippen molar-refractivity contribution in [2.24, 2.45) is 0 Å². The largest absolute Gasteiger partial charge is 0.454 e. The van der Waals surface area contributed by atoms with Crippen LogP contribution in [0.3, 0.4) is 0 Å². The first-order chi connectivity index (χ1) is 14.7. The van der Waals surface area contributed by atoms with Gasteiger partial charge in [0.05, 0.1) is 5.69 Å². The highest BCUT2D eigenvalue weighted by Crippen LogP contribution is 2.38. The Labute approximate surface area is 172 Å². The first-order valence-electron chi connectivity index (χ1n) is 9.82. The molecular weight excluding hydrogens is 390 g/mol. The molecule has 0 radical (unpaired) electrons. The summed E-state index contributed by atoms with van der Waals surface area (Å²) in [6.07, 6.45) is 0. The smallest absolute Gasteiger partial charge is 0.332 e. The van der Waals surface area contributed by atoms with Crippen molar-refractivity contribution in [1.29, 1.82) is 0 Å². The molecule has 0 N–H and O–H groups in total. The molecule has 30 heavy (non-hydrogen) atoms. The number of carbonyl (C=O) groups excluding carboxylic acids is 2. The molecule has 0 bridgehead atoms. The molecule has 6 rings (SSSR count). The maximum Gasteiger partial charge on any atom is 0.332 e. The van der Waals surface area contributed by atoms with Crippen molar-refractivity contribution in [2.45, 2.75) is 12.6 Å². The van der Waals surface area contributed by atoms with Crippen molar-refractivity contribution in [1.82, 2.24) is 9.80 Å². The monoisotopic (exact) mass is 409 g/mol. The summed E-state index contributed by atoms with van der Waals surface area (Å²) >= 11 is 0. The van der Waals surface area contributed by atoms with Gasteiger partial charge in [-0.3, -0.25) is 9.69 Å². The van der Waals surface area contributed by atoms with E-state index in [4.69, 9.17) is 18.9 Å². The van der Waals surface area contributed by atoms with Gasteiger partial charge in [0.15, 0.2) is 23.0 Å². The third-order valence-corrected chi connectivity index (χ3v) is 5.86. The fourth-order valence-electron chi connectivity index (χ4n) is 4.35. The van der Waals surface area contributed by atoms with Crippen LogP contribution in [0.1, 0.15) is 5.56 Å². The molecule has 0 spiro atoms. The van der Waals surface area contributed by atoms with Gasteiger partial charge in [-0.25, -0.2) is 9.69 Å². The summed E-state index contributed by atoms with van der Waals surface area (Å²) in [6.45, 7) is 2.74. The van der Waals surface area contributed by atoms with Crippen molar-refractivity contribution in [3.05, 3.63) is 42.0 Å². The van der Waals surface area contributed by atoms with E-state index in [1.165, 1.54) is 4.90 Å². The van der Waals surface area contributed by atoms with E-state index in [1.807, 2.05) is 18.2 Å². The van der Waals surface area contributed by atoms with E-state index < -0.39 is 6.04 Å². The average Bonchev–Trinajstić information content (AvgIpc) is 3.46. The quantitative estimate of drug-likeness (QED) is 0.715. The maximum atomic E-state index is 13.1. The molecule has 4 heterocycles. The summed E-state index contributed by atoms with van der Waals surface area (Å²) in [5.74, 6) is 2.44. The van der Waals surface area contributed by atoms with Crippen molar-refractivity contribution in [3.8, 4) is 23.0 Å².